The lowest BCUT2D eigenvalue weighted by Crippen LogP contribution is -2.15. The van der Waals surface area contributed by atoms with Crippen LogP contribution in [0.15, 0.2) is 33.1 Å². The smallest absolute Gasteiger partial charge is 0.266 e. The Hall–Kier alpha value is -1.23. The predicted octanol–water partition coefficient (Wildman–Crippen LogP) is 3.00. The Morgan fingerprint density at radius 3 is 2.78 bits per heavy atom. The number of benzene rings is 1. The summed E-state index contributed by atoms with van der Waals surface area (Å²) in [6, 6.07) is 2.39. The summed E-state index contributed by atoms with van der Waals surface area (Å²) in [5, 5.41) is 4.85. The number of nitrogens with zero attached hydrogens (tertiary/aromatic N) is 1. The minimum Gasteiger partial charge on any atom is -0.384 e. The minimum atomic E-state index is -4.03. The summed E-state index contributed by atoms with van der Waals surface area (Å²) >= 11 is 4.38. The zero-order chi connectivity index (χ0) is 16.9. The fraction of sp³-hybridized carbons (Fsp3) is 0.308. The highest BCUT2D eigenvalue weighted by Gasteiger charge is 2.22. The summed E-state index contributed by atoms with van der Waals surface area (Å²) in [6.07, 6.45) is 3.16. The second kappa shape index (κ2) is 8.04. The van der Waals surface area contributed by atoms with E-state index in [9.17, 15) is 12.8 Å². The maximum Gasteiger partial charge on any atom is 0.266 e. The molecule has 0 saturated heterocycles. The molecular weight excluding hydrogens is 407 g/mol. The molecule has 1 aromatic heterocycles. The number of sulfonamides is 1. The van der Waals surface area contributed by atoms with Crippen molar-refractivity contribution in [3.63, 3.8) is 0 Å². The van der Waals surface area contributed by atoms with Gasteiger partial charge in [-0.2, -0.15) is 0 Å². The van der Waals surface area contributed by atoms with Gasteiger partial charge in [0.15, 0.2) is 5.13 Å². The molecule has 2 aromatic rings. The summed E-state index contributed by atoms with van der Waals surface area (Å²) in [5.41, 5.74) is 5.90. The van der Waals surface area contributed by atoms with E-state index in [4.69, 9.17) is 5.73 Å². The van der Waals surface area contributed by atoms with Crippen LogP contribution in [-0.2, 0) is 10.0 Å². The Balaban J connectivity index is 2.18. The van der Waals surface area contributed by atoms with Crippen molar-refractivity contribution < 1.29 is 12.8 Å². The van der Waals surface area contributed by atoms with Crippen molar-refractivity contribution >= 4 is 48.1 Å². The van der Waals surface area contributed by atoms with E-state index in [2.05, 4.69) is 31.0 Å². The summed E-state index contributed by atoms with van der Waals surface area (Å²) in [6.45, 7) is 1.22. The molecule has 0 saturated carbocycles. The molecule has 10 heteroatoms. The highest BCUT2D eigenvalue weighted by atomic mass is 79.9. The minimum absolute atomic E-state index is 0.185. The number of hydrogen-bond donors (Lipinski definition) is 3. The Morgan fingerprint density at radius 2 is 2.13 bits per heavy atom. The van der Waals surface area contributed by atoms with Gasteiger partial charge in [0.2, 0.25) is 0 Å². The number of hydrogen-bond acceptors (Lipinski definition) is 6. The van der Waals surface area contributed by atoms with Crippen LogP contribution in [0.25, 0.3) is 0 Å². The van der Waals surface area contributed by atoms with Crippen molar-refractivity contribution in [1.82, 2.24) is 4.98 Å². The first-order chi connectivity index (χ1) is 10.9. The van der Waals surface area contributed by atoms with Crippen LogP contribution < -0.4 is 15.8 Å². The van der Waals surface area contributed by atoms with Crippen molar-refractivity contribution in [2.45, 2.75) is 17.7 Å². The summed E-state index contributed by atoms with van der Waals surface area (Å²) in [7, 11) is -4.03. The van der Waals surface area contributed by atoms with Gasteiger partial charge in [-0.3, -0.25) is 4.72 Å². The first-order valence-corrected chi connectivity index (χ1v) is 9.95. The Kier molecular flexibility index (Phi) is 6.33. The molecule has 0 aliphatic rings. The number of nitrogens with two attached hydrogens (primary N) is 1. The van der Waals surface area contributed by atoms with Gasteiger partial charge >= 0.3 is 0 Å². The second-order valence-electron chi connectivity index (χ2n) is 4.63. The van der Waals surface area contributed by atoms with Gasteiger partial charge in [-0.25, -0.2) is 17.8 Å². The number of anilines is 2. The molecule has 1 heterocycles. The van der Waals surface area contributed by atoms with Crippen LogP contribution in [0.3, 0.4) is 0 Å². The molecule has 6 nitrogen and oxygen atoms in total. The van der Waals surface area contributed by atoms with Gasteiger partial charge in [0.1, 0.15) is 10.7 Å². The van der Waals surface area contributed by atoms with Crippen molar-refractivity contribution in [3.05, 3.63) is 34.0 Å². The third-order valence-corrected chi connectivity index (χ3v) is 5.74. The molecule has 4 N–H and O–H groups in total. The van der Waals surface area contributed by atoms with E-state index >= 15 is 0 Å². The van der Waals surface area contributed by atoms with Crippen molar-refractivity contribution in [2.24, 2.45) is 5.73 Å². The zero-order valence-corrected chi connectivity index (χ0v) is 15.3. The molecule has 0 aliphatic heterocycles. The number of halogens is 2. The lowest BCUT2D eigenvalue weighted by atomic mass is 10.2. The van der Waals surface area contributed by atoms with Gasteiger partial charge in [-0.1, -0.05) is 0 Å². The Labute approximate surface area is 146 Å². The number of nitrogens with one attached hydrogen (secondary N) is 2. The van der Waals surface area contributed by atoms with Crippen molar-refractivity contribution in [3.8, 4) is 0 Å². The fourth-order valence-electron chi connectivity index (χ4n) is 1.81. The van der Waals surface area contributed by atoms with E-state index in [1.165, 1.54) is 12.3 Å². The van der Waals surface area contributed by atoms with E-state index in [1.807, 2.05) is 0 Å². The van der Waals surface area contributed by atoms with Crippen LogP contribution in [0.2, 0.25) is 0 Å². The van der Waals surface area contributed by atoms with E-state index in [1.54, 1.807) is 5.38 Å². The third kappa shape index (κ3) is 4.87. The zero-order valence-electron chi connectivity index (χ0n) is 12.1. The normalized spacial score (nSPS) is 11.4. The third-order valence-electron chi connectivity index (χ3n) is 2.91. The number of thiazole rings is 1. The van der Waals surface area contributed by atoms with Crippen molar-refractivity contribution in [2.75, 3.05) is 23.1 Å². The summed E-state index contributed by atoms with van der Waals surface area (Å²) in [4.78, 5) is 3.39. The highest BCUT2D eigenvalue weighted by molar-refractivity contribution is 9.10. The molecule has 23 heavy (non-hydrogen) atoms. The van der Waals surface area contributed by atoms with Crippen LogP contribution in [0, 0.1) is 5.82 Å². The van der Waals surface area contributed by atoms with E-state index in [-0.39, 0.29) is 5.13 Å². The monoisotopic (exact) mass is 422 g/mol. The Bertz CT molecular complexity index is 754. The molecule has 0 fully saturated rings. The molecule has 1 aromatic carbocycles. The largest absolute Gasteiger partial charge is 0.384 e. The maximum absolute atomic E-state index is 14.2. The van der Waals surface area contributed by atoms with Crippen LogP contribution in [0.5, 0.6) is 0 Å². The second-order valence-corrected chi connectivity index (χ2v) is 8.03. The predicted molar refractivity (Wildman–Crippen MR) is 93.8 cm³/mol. The molecular formula is C13H16BrFN4O2S2. The lowest BCUT2D eigenvalue weighted by Gasteiger charge is -2.12. The average Bonchev–Trinajstić information content (AvgIpc) is 2.98. The lowest BCUT2D eigenvalue weighted by molar-refractivity contribution is 0.570. The molecule has 126 valence electrons. The molecule has 0 unspecified atom stereocenters. The van der Waals surface area contributed by atoms with Gasteiger partial charge in [-0.05, 0) is 47.4 Å². The first-order valence-electron chi connectivity index (χ1n) is 6.79. The molecule has 0 aliphatic carbocycles. The first kappa shape index (κ1) is 18.1. The maximum atomic E-state index is 14.2. The molecule has 0 bridgehead atoms. The van der Waals surface area contributed by atoms with E-state index < -0.39 is 20.7 Å². The number of rotatable bonds is 8. The van der Waals surface area contributed by atoms with Gasteiger partial charge in [0.05, 0.1) is 5.69 Å². The van der Waals surface area contributed by atoms with Gasteiger partial charge < -0.3 is 11.1 Å². The van der Waals surface area contributed by atoms with E-state index in [0.29, 0.717) is 23.2 Å². The van der Waals surface area contributed by atoms with Crippen LogP contribution in [-0.4, -0.2) is 26.5 Å². The topological polar surface area (TPSA) is 97.1 Å². The van der Waals surface area contributed by atoms with Crippen LogP contribution in [0.1, 0.15) is 12.8 Å². The molecule has 0 amide bonds. The van der Waals surface area contributed by atoms with Gasteiger partial charge in [0, 0.05) is 22.6 Å². The standard InChI is InChI=1S/C13H16BrFN4O2S2/c14-9-7-12(23(20,21)19-13-18-5-6-22-13)10(15)8-11(9)17-4-2-1-3-16/h5-8,17H,1-4,16H2,(H,18,19). The van der Waals surface area contributed by atoms with Gasteiger partial charge in [-0.15, -0.1) is 11.3 Å². The van der Waals surface area contributed by atoms with Gasteiger partial charge in [0.25, 0.3) is 10.0 Å². The highest BCUT2D eigenvalue weighted by Crippen LogP contribution is 2.29. The summed E-state index contributed by atoms with van der Waals surface area (Å²) < 4.78 is 41.4. The SMILES string of the molecule is NCCCCNc1cc(F)c(S(=O)(=O)Nc2nccs2)cc1Br. The fourth-order valence-corrected chi connectivity index (χ4v) is 4.32. The van der Waals surface area contributed by atoms with E-state index in [0.717, 1.165) is 30.2 Å². The summed E-state index contributed by atoms with van der Waals surface area (Å²) in [5.74, 6) is -0.835. The number of unbranched alkanes of at least 4 members (excludes halogenated alkanes) is 1. The molecule has 0 spiro atoms. The quantitative estimate of drug-likeness (QED) is 0.568. The number of aromatic nitrogens is 1. The average molecular weight is 423 g/mol. The molecule has 2 rings (SSSR count). The molecule has 0 atom stereocenters. The van der Waals surface area contributed by atoms with Crippen molar-refractivity contribution in [1.29, 1.82) is 0 Å². The van der Waals surface area contributed by atoms with Crippen LogP contribution >= 0.6 is 27.3 Å². The Morgan fingerprint density at radius 1 is 1.35 bits per heavy atom. The molecule has 0 radical (unpaired) electrons. The van der Waals surface area contributed by atoms with Crippen LogP contribution in [0.4, 0.5) is 15.2 Å².